The van der Waals surface area contributed by atoms with Crippen molar-refractivity contribution < 1.29 is 23.7 Å². The average Bonchev–Trinajstić information content (AvgIpc) is 3.11. The van der Waals surface area contributed by atoms with Crippen molar-refractivity contribution in [3.63, 3.8) is 0 Å². The van der Waals surface area contributed by atoms with Crippen LogP contribution < -0.4 is 5.32 Å². The van der Waals surface area contributed by atoms with Crippen LogP contribution in [0.25, 0.3) is 0 Å². The number of nitrogens with one attached hydrogen (secondary N) is 1. The number of ketones is 1. The summed E-state index contributed by atoms with van der Waals surface area (Å²) in [5.74, 6) is -0.0746. The van der Waals surface area contributed by atoms with Crippen LogP contribution in [-0.2, 0) is 27.8 Å². The first-order chi connectivity index (χ1) is 24.0. The number of likely N-dealkylation sites (N-methyl/N-ethyl adjacent to an activating group) is 1. The number of anilines is 1. The van der Waals surface area contributed by atoms with Gasteiger partial charge in [0.15, 0.2) is 12.0 Å². The number of benzene rings is 4. The summed E-state index contributed by atoms with van der Waals surface area (Å²) >= 11 is 0. The molecule has 0 spiro atoms. The Morgan fingerprint density at radius 3 is 2.28 bits per heavy atom. The smallest absolute Gasteiger partial charge is 0.378 e. The van der Waals surface area contributed by atoms with E-state index in [0.717, 1.165) is 33.5 Å². The highest BCUT2D eigenvalue weighted by molar-refractivity contribution is 6.38. The maximum atomic E-state index is 13.3. The third-order valence-electron chi connectivity index (χ3n) is 9.45. The Morgan fingerprint density at radius 2 is 1.58 bits per heavy atom. The lowest BCUT2D eigenvalue weighted by atomic mass is 9.86. The number of hydrogen-bond acceptors (Lipinski definition) is 6. The first-order valence-corrected chi connectivity index (χ1v) is 17.2. The van der Waals surface area contributed by atoms with Crippen LogP contribution in [0.1, 0.15) is 74.9 Å². The summed E-state index contributed by atoms with van der Waals surface area (Å²) in [6.07, 6.45) is 1.89. The molecule has 8 heteroatoms. The van der Waals surface area contributed by atoms with E-state index in [9.17, 15) is 14.4 Å². The van der Waals surface area contributed by atoms with Crippen LogP contribution in [0.2, 0.25) is 0 Å². The molecule has 2 aliphatic rings. The molecular formula is C42H45N4O4+. The monoisotopic (exact) mass is 669 g/mol. The van der Waals surface area contributed by atoms with Crippen molar-refractivity contribution in [3.05, 3.63) is 136 Å². The minimum absolute atomic E-state index is 0.0216. The molecule has 1 saturated heterocycles. The van der Waals surface area contributed by atoms with Gasteiger partial charge in [0, 0.05) is 41.9 Å². The van der Waals surface area contributed by atoms with Gasteiger partial charge in [-0.1, -0.05) is 87.5 Å². The molecular weight excluding hydrogens is 624 g/mol. The number of ether oxygens (including phenoxy) is 1. The zero-order valence-corrected chi connectivity index (χ0v) is 29.5. The van der Waals surface area contributed by atoms with Crippen LogP contribution in [-0.4, -0.2) is 78.5 Å². The molecule has 4 aromatic carbocycles. The van der Waals surface area contributed by atoms with Crippen LogP contribution in [0.4, 0.5) is 5.69 Å². The number of aliphatic imine (C=N–C) groups is 1. The van der Waals surface area contributed by atoms with E-state index in [1.807, 2.05) is 103 Å². The van der Waals surface area contributed by atoms with Gasteiger partial charge in [-0.2, -0.15) is 4.58 Å². The zero-order valence-electron chi connectivity index (χ0n) is 29.5. The molecule has 8 nitrogen and oxygen atoms in total. The fourth-order valence-corrected chi connectivity index (χ4v) is 6.36. The van der Waals surface area contributed by atoms with Gasteiger partial charge in [0.25, 0.3) is 5.91 Å². The molecule has 0 aliphatic carbocycles. The van der Waals surface area contributed by atoms with Crippen molar-refractivity contribution in [2.45, 2.75) is 52.1 Å². The fourth-order valence-electron chi connectivity index (χ4n) is 6.36. The van der Waals surface area contributed by atoms with E-state index in [1.165, 1.54) is 5.56 Å². The summed E-state index contributed by atoms with van der Waals surface area (Å²) in [5, 5.41) is 3.34. The van der Waals surface area contributed by atoms with Crippen molar-refractivity contribution in [1.82, 2.24) is 4.90 Å². The molecule has 0 radical (unpaired) electrons. The molecule has 1 unspecified atom stereocenters. The highest BCUT2D eigenvalue weighted by Gasteiger charge is 2.32. The van der Waals surface area contributed by atoms with Crippen LogP contribution in [0.3, 0.4) is 0 Å². The topological polar surface area (TPSA) is 91.1 Å². The molecule has 0 bridgehead atoms. The normalized spacial score (nSPS) is 16.5. The molecule has 0 aromatic heterocycles. The van der Waals surface area contributed by atoms with Gasteiger partial charge < -0.3 is 15.0 Å². The molecule has 1 fully saturated rings. The first-order valence-electron chi connectivity index (χ1n) is 17.2. The highest BCUT2D eigenvalue weighted by Crippen LogP contribution is 2.24. The third-order valence-corrected chi connectivity index (χ3v) is 9.45. The lowest BCUT2D eigenvalue weighted by Crippen LogP contribution is -2.41. The number of Topliss-reactive ketones (excluding diaryl/α,β-unsaturated/α-hetero) is 1. The molecule has 2 amide bonds. The molecule has 2 heterocycles. The number of morpholine rings is 1. The number of rotatable bonds is 9. The molecule has 1 atom stereocenters. The minimum Gasteiger partial charge on any atom is -0.378 e. The van der Waals surface area contributed by atoms with Gasteiger partial charge in [0.2, 0.25) is 6.17 Å². The van der Waals surface area contributed by atoms with E-state index in [2.05, 4.69) is 26.1 Å². The highest BCUT2D eigenvalue weighted by atomic mass is 16.5. The predicted molar refractivity (Wildman–Crippen MR) is 198 cm³/mol. The number of carbonyl (C=O) groups is 3. The zero-order chi connectivity index (χ0) is 35.4. The van der Waals surface area contributed by atoms with Gasteiger partial charge >= 0.3 is 5.91 Å². The Bertz CT molecular complexity index is 1960. The van der Waals surface area contributed by atoms with E-state index in [1.54, 1.807) is 17.8 Å². The summed E-state index contributed by atoms with van der Waals surface area (Å²) in [5.41, 5.74) is 8.96. The molecule has 4 aromatic rings. The molecule has 50 heavy (non-hydrogen) atoms. The molecule has 2 aliphatic heterocycles. The van der Waals surface area contributed by atoms with Gasteiger partial charge in [-0.3, -0.25) is 9.59 Å². The largest absolute Gasteiger partial charge is 0.431 e. The van der Waals surface area contributed by atoms with E-state index < -0.39 is 6.17 Å². The Hall–Kier alpha value is -5.21. The maximum Gasteiger partial charge on any atom is 0.431 e. The van der Waals surface area contributed by atoms with Crippen molar-refractivity contribution in [1.29, 1.82) is 0 Å². The third kappa shape index (κ3) is 7.98. The number of carbonyl (C=O) groups excluding carboxylic acids is 3. The van der Waals surface area contributed by atoms with Crippen molar-refractivity contribution in [3.8, 4) is 0 Å². The maximum absolute atomic E-state index is 13.3. The minimum atomic E-state index is -0.813. The number of nitrogens with zero attached hydrogens (tertiary/aromatic N) is 3. The van der Waals surface area contributed by atoms with Crippen LogP contribution in [0, 0.1) is 6.92 Å². The molecule has 1 N–H and O–H groups in total. The van der Waals surface area contributed by atoms with Crippen LogP contribution in [0.15, 0.2) is 96.0 Å². The second-order valence-electron chi connectivity index (χ2n) is 14.1. The SMILES string of the molecule is Cc1c(CC(=O)c2ccc(C(C)(C)C)cc2)cccc1C1=NC(Nc2cccc(Cc3ccc(C(=O)N4CCOCC4)cc3)c2)C(=O)[N+](C)=C1. The van der Waals surface area contributed by atoms with Gasteiger partial charge in [-0.05, 0) is 70.8 Å². The van der Waals surface area contributed by atoms with E-state index in [0.29, 0.717) is 49.6 Å². The quantitative estimate of drug-likeness (QED) is 0.168. The van der Waals surface area contributed by atoms with Crippen molar-refractivity contribution in [2.24, 2.45) is 4.99 Å². The van der Waals surface area contributed by atoms with E-state index in [-0.39, 0.29) is 29.4 Å². The summed E-state index contributed by atoms with van der Waals surface area (Å²) in [6.45, 7) is 10.9. The van der Waals surface area contributed by atoms with Gasteiger partial charge in [-0.25, -0.2) is 9.79 Å². The summed E-state index contributed by atoms with van der Waals surface area (Å²) in [6, 6.07) is 29.5. The summed E-state index contributed by atoms with van der Waals surface area (Å²) < 4.78 is 6.94. The van der Waals surface area contributed by atoms with E-state index in [4.69, 9.17) is 9.73 Å². The molecule has 6 rings (SSSR count). The van der Waals surface area contributed by atoms with Crippen molar-refractivity contribution in [2.75, 3.05) is 38.7 Å². The summed E-state index contributed by atoms with van der Waals surface area (Å²) in [7, 11) is 1.74. The lowest BCUT2D eigenvalue weighted by Gasteiger charge is -2.26. The van der Waals surface area contributed by atoms with Gasteiger partial charge in [0.1, 0.15) is 12.8 Å². The van der Waals surface area contributed by atoms with Crippen molar-refractivity contribution >= 4 is 35.2 Å². The number of amides is 2. The Morgan fingerprint density at radius 1 is 0.900 bits per heavy atom. The average molecular weight is 670 g/mol. The van der Waals surface area contributed by atoms with Crippen LogP contribution in [0.5, 0.6) is 0 Å². The number of hydrogen-bond donors (Lipinski definition) is 1. The first kappa shape index (κ1) is 34.6. The van der Waals surface area contributed by atoms with E-state index >= 15 is 0 Å². The Kier molecular flexibility index (Phi) is 10.2. The fraction of sp³-hybridized carbons (Fsp3) is 0.310. The van der Waals surface area contributed by atoms with Gasteiger partial charge in [-0.15, -0.1) is 0 Å². The second kappa shape index (κ2) is 14.7. The predicted octanol–water partition coefficient (Wildman–Crippen LogP) is 6.26. The standard InChI is InChI=1S/C42H45N4O4/c1-28-33(26-38(47)31-16-18-34(19-17-31)42(2,3)4)9-7-11-36(28)37-27-45(5)41(49)39(44-37)43-35-10-6-8-30(25-35)24-29-12-14-32(15-13-29)40(48)46-20-22-50-23-21-46/h6-19,25,27,39,43H,20-24,26H2,1-5H3/q+1. The van der Waals surface area contributed by atoms with Gasteiger partial charge in [0.05, 0.1) is 13.2 Å². The summed E-state index contributed by atoms with van der Waals surface area (Å²) in [4.78, 5) is 46.1. The molecule has 256 valence electrons. The second-order valence-corrected chi connectivity index (χ2v) is 14.1. The Labute approximate surface area is 294 Å². The van der Waals surface area contributed by atoms with Crippen LogP contribution >= 0.6 is 0 Å². The molecule has 0 saturated carbocycles. The lowest BCUT2D eigenvalue weighted by molar-refractivity contribution is -0.414. The Balaban J connectivity index is 1.15.